The van der Waals surface area contributed by atoms with Crippen LogP contribution in [0.5, 0.6) is 11.5 Å². The topological polar surface area (TPSA) is 106 Å². The molecule has 2 heterocycles. The number of amides is 1. The Morgan fingerprint density at radius 3 is 2.67 bits per heavy atom. The van der Waals surface area contributed by atoms with E-state index in [1.165, 1.54) is 11.2 Å². The van der Waals surface area contributed by atoms with Gasteiger partial charge < -0.3 is 19.5 Å². The first kappa shape index (κ1) is 25.7. The zero-order valence-corrected chi connectivity index (χ0v) is 21.8. The summed E-state index contributed by atoms with van der Waals surface area (Å²) >= 11 is 12.5. The van der Waals surface area contributed by atoms with Crippen LogP contribution in [-0.2, 0) is 21.2 Å². The van der Waals surface area contributed by atoms with Crippen molar-refractivity contribution in [2.24, 2.45) is 0 Å². The normalized spacial score (nSPS) is 11.4. The summed E-state index contributed by atoms with van der Waals surface area (Å²) in [4.78, 5) is 22.2. The van der Waals surface area contributed by atoms with Crippen molar-refractivity contribution in [3.8, 4) is 11.5 Å². The Hall–Kier alpha value is -3.34. The molecule has 0 saturated heterocycles. The molecule has 36 heavy (non-hydrogen) atoms. The minimum atomic E-state index is -3.40. The quantitative estimate of drug-likeness (QED) is 0.321. The van der Waals surface area contributed by atoms with Crippen LogP contribution in [0, 0.1) is 0 Å². The number of anilines is 2. The van der Waals surface area contributed by atoms with Crippen LogP contribution < -0.4 is 10.1 Å². The maximum absolute atomic E-state index is 12.2. The maximum Gasteiger partial charge on any atom is 0.237 e. The summed E-state index contributed by atoms with van der Waals surface area (Å²) in [5.41, 5.74) is 2.13. The molecular weight excluding hydrogens is 525 g/mol. The molecule has 1 N–H and O–H groups in total. The van der Waals surface area contributed by atoms with Crippen molar-refractivity contribution in [3.05, 3.63) is 71.1 Å². The lowest BCUT2D eigenvalue weighted by Gasteiger charge is -2.18. The summed E-state index contributed by atoms with van der Waals surface area (Å²) in [5.74, 6) is 0.611. The van der Waals surface area contributed by atoms with Crippen molar-refractivity contribution in [2.45, 2.75) is 6.54 Å². The monoisotopic (exact) mass is 547 g/mol. The molecular formula is C24H23Cl2N5O4S. The Balaban J connectivity index is 1.51. The van der Waals surface area contributed by atoms with E-state index in [1.54, 1.807) is 43.4 Å². The molecule has 2 aromatic carbocycles. The van der Waals surface area contributed by atoms with Crippen LogP contribution >= 0.6 is 23.2 Å². The number of fused-ring (bicyclic) bond motifs is 1. The van der Waals surface area contributed by atoms with Crippen LogP contribution in [0.15, 0.2) is 61.1 Å². The molecule has 4 rings (SSSR count). The van der Waals surface area contributed by atoms with Crippen molar-refractivity contribution in [1.82, 2.24) is 19.4 Å². The number of nitrogens with zero attached hydrogens (tertiary/aromatic N) is 4. The van der Waals surface area contributed by atoms with Crippen molar-refractivity contribution < 1.29 is 17.9 Å². The smallest absolute Gasteiger partial charge is 0.237 e. The number of ether oxygens (including phenoxy) is 1. The number of aromatic nitrogens is 3. The number of rotatable bonds is 9. The fraction of sp³-hybridized carbons (Fsp3) is 0.208. The number of sulfone groups is 1. The van der Waals surface area contributed by atoms with Gasteiger partial charge in [-0.3, -0.25) is 4.79 Å². The summed E-state index contributed by atoms with van der Waals surface area (Å²) in [6.07, 6.45) is 4.33. The molecule has 0 bridgehead atoms. The van der Waals surface area contributed by atoms with Crippen LogP contribution in [0.25, 0.3) is 11.0 Å². The van der Waals surface area contributed by atoms with Gasteiger partial charge in [-0.15, -0.1) is 0 Å². The molecule has 0 aliphatic carbocycles. The second kappa shape index (κ2) is 10.7. The van der Waals surface area contributed by atoms with Gasteiger partial charge >= 0.3 is 0 Å². The largest absolute Gasteiger partial charge is 0.456 e. The third-order valence-electron chi connectivity index (χ3n) is 5.26. The number of carbonyl (C=O) groups excluding carboxylic acids is 1. The molecule has 2 aromatic heterocycles. The van der Waals surface area contributed by atoms with E-state index < -0.39 is 21.5 Å². The Kier molecular flexibility index (Phi) is 7.67. The molecule has 0 spiro atoms. The van der Waals surface area contributed by atoms with Crippen LogP contribution in [0.1, 0.15) is 0 Å². The molecule has 0 aliphatic heterocycles. The fourth-order valence-corrected chi connectivity index (χ4v) is 4.55. The van der Waals surface area contributed by atoms with E-state index in [2.05, 4.69) is 15.3 Å². The summed E-state index contributed by atoms with van der Waals surface area (Å²) in [7, 11) is -1.82. The number of nitrogens with one attached hydrogen (secondary N) is 1. The third kappa shape index (κ3) is 6.45. The van der Waals surface area contributed by atoms with Gasteiger partial charge in [-0.1, -0.05) is 29.3 Å². The molecule has 0 saturated carbocycles. The van der Waals surface area contributed by atoms with Crippen LogP contribution in [0.3, 0.4) is 0 Å². The fourth-order valence-electron chi connectivity index (χ4n) is 3.48. The Morgan fingerprint density at radius 1 is 1.14 bits per heavy atom. The predicted molar refractivity (Wildman–Crippen MR) is 141 cm³/mol. The summed E-state index contributed by atoms with van der Waals surface area (Å²) in [6.45, 7) is 0.735. The molecule has 188 valence electrons. The maximum atomic E-state index is 12.2. The molecule has 4 aromatic rings. The minimum absolute atomic E-state index is 0.313. The van der Waals surface area contributed by atoms with Gasteiger partial charge in [-0.05, 0) is 42.5 Å². The lowest BCUT2D eigenvalue weighted by atomic mass is 10.3. The summed E-state index contributed by atoms with van der Waals surface area (Å²) in [6, 6.07) is 14.1. The zero-order chi connectivity index (χ0) is 25.9. The number of benzene rings is 2. The van der Waals surface area contributed by atoms with E-state index in [9.17, 15) is 13.2 Å². The number of likely N-dealkylation sites (N-methyl/N-ethyl adjacent to an activating group) is 1. The van der Waals surface area contributed by atoms with Crippen LogP contribution in [-0.4, -0.2) is 59.4 Å². The van der Waals surface area contributed by atoms with Crippen molar-refractivity contribution >= 4 is 61.5 Å². The number of hydrogen-bond donors (Lipinski definition) is 1. The molecule has 9 nitrogen and oxygen atoms in total. The Labute approximate surface area is 218 Å². The highest BCUT2D eigenvalue weighted by atomic mass is 35.5. The highest BCUT2D eigenvalue weighted by molar-refractivity contribution is 7.91. The molecule has 0 radical (unpaired) electrons. The lowest BCUT2D eigenvalue weighted by molar-refractivity contribution is -0.127. The van der Waals surface area contributed by atoms with E-state index in [-0.39, 0.29) is 0 Å². The van der Waals surface area contributed by atoms with Gasteiger partial charge in [0.2, 0.25) is 5.91 Å². The van der Waals surface area contributed by atoms with Crippen LogP contribution in [0.2, 0.25) is 10.0 Å². The highest BCUT2D eigenvalue weighted by Gasteiger charge is 2.16. The predicted octanol–water partition coefficient (Wildman–Crippen LogP) is 4.78. The van der Waals surface area contributed by atoms with Gasteiger partial charge in [0.25, 0.3) is 0 Å². The minimum Gasteiger partial charge on any atom is -0.456 e. The zero-order valence-electron chi connectivity index (χ0n) is 19.5. The lowest BCUT2D eigenvalue weighted by Crippen LogP contribution is -2.34. The summed E-state index contributed by atoms with van der Waals surface area (Å²) < 4.78 is 30.6. The van der Waals surface area contributed by atoms with E-state index in [4.69, 9.17) is 27.9 Å². The van der Waals surface area contributed by atoms with Gasteiger partial charge in [0.15, 0.2) is 15.7 Å². The second-order valence-corrected chi connectivity index (χ2v) is 11.2. The molecule has 0 atom stereocenters. The average Bonchev–Trinajstić information content (AvgIpc) is 3.22. The number of halogens is 2. The van der Waals surface area contributed by atoms with E-state index in [1.807, 2.05) is 22.9 Å². The van der Waals surface area contributed by atoms with Gasteiger partial charge in [0.05, 0.1) is 10.5 Å². The van der Waals surface area contributed by atoms with Gasteiger partial charge in [-0.2, -0.15) is 0 Å². The van der Waals surface area contributed by atoms with Crippen molar-refractivity contribution in [1.29, 1.82) is 0 Å². The first-order chi connectivity index (χ1) is 17.1. The first-order valence-electron chi connectivity index (χ1n) is 10.8. The first-order valence-corrected chi connectivity index (χ1v) is 13.6. The third-order valence-corrected chi connectivity index (χ3v) is 6.56. The Bertz CT molecular complexity index is 1520. The van der Waals surface area contributed by atoms with E-state index >= 15 is 0 Å². The van der Waals surface area contributed by atoms with Gasteiger partial charge in [-0.25, -0.2) is 18.4 Å². The molecule has 12 heteroatoms. The summed E-state index contributed by atoms with van der Waals surface area (Å²) in [5, 5.41) is 4.22. The number of carbonyl (C=O) groups is 1. The standard InChI is InChI=1S/C24H23Cl2N5O4S/c1-30(22(32)14-36(2,33)34)10-11-31-9-8-20-23(31)24(28-15-27-20)29-17-6-7-21(19(26)13-17)35-18-5-3-4-16(25)12-18/h3-9,12-13,15H,10-11,14H2,1-2H3,(H,27,28,29). The molecule has 0 fully saturated rings. The van der Waals surface area contributed by atoms with Crippen molar-refractivity contribution in [3.63, 3.8) is 0 Å². The average molecular weight is 548 g/mol. The van der Waals surface area contributed by atoms with Crippen molar-refractivity contribution in [2.75, 3.05) is 30.9 Å². The second-order valence-electron chi connectivity index (χ2n) is 8.18. The van der Waals surface area contributed by atoms with E-state index in [0.717, 1.165) is 11.8 Å². The molecule has 0 aliphatic rings. The number of hydrogen-bond acceptors (Lipinski definition) is 7. The molecule has 1 amide bonds. The van der Waals surface area contributed by atoms with Gasteiger partial charge in [0.1, 0.15) is 29.1 Å². The highest BCUT2D eigenvalue weighted by Crippen LogP contribution is 2.34. The van der Waals surface area contributed by atoms with Gasteiger partial charge in [0, 0.05) is 43.3 Å². The van der Waals surface area contributed by atoms with Crippen LogP contribution in [0.4, 0.5) is 11.5 Å². The SMILES string of the molecule is CN(CCn1ccc2ncnc(Nc3ccc(Oc4cccc(Cl)c4)c(Cl)c3)c21)C(=O)CS(C)(=O)=O. The molecule has 0 unspecified atom stereocenters. The Morgan fingerprint density at radius 2 is 1.94 bits per heavy atom. The van der Waals surface area contributed by atoms with E-state index in [0.29, 0.717) is 51.7 Å².